The maximum Gasteiger partial charge on any atom is 0.332 e. The first-order valence-corrected chi connectivity index (χ1v) is 14.5. The van der Waals surface area contributed by atoms with Gasteiger partial charge in [0, 0.05) is 25.7 Å². The van der Waals surface area contributed by atoms with E-state index in [-0.39, 0.29) is 32.0 Å². The SMILES string of the molecule is C/C=C\C=C/CC[C@H]1C(=O)N(CC2C(F)=C(F)C(F)=C(/C=C/C)C2F)C[C@H]2N1C(=O)CN2N(C)C(=O)NCc1ccccc1. The fourth-order valence-corrected chi connectivity index (χ4v) is 5.71. The Morgan fingerprint density at radius 3 is 2.48 bits per heavy atom. The molecule has 0 radical (unpaired) electrons. The third-order valence-electron chi connectivity index (χ3n) is 7.97. The number of rotatable bonds is 10. The van der Waals surface area contributed by atoms with Gasteiger partial charge in [-0.15, -0.1) is 0 Å². The third kappa shape index (κ3) is 6.80. The number of nitrogens with one attached hydrogen (secondary N) is 1. The fourth-order valence-electron chi connectivity index (χ4n) is 5.71. The van der Waals surface area contributed by atoms with Crippen molar-refractivity contribution in [3.8, 4) is 0 Å². The molecule has 0 bridgehead atoms. The van der Waals surface area contributed by atoms with Crippen LogP contribution in [0.2, 0.25) is 0 Å². The standard InChI is InChI=1S/C32H37F4N5O3/c1-4-6-7-8-12-16-24-31(43)39(18-23-27(33)22(13-5-2)28(34)30(36)29(23)35)19-25-40(20-26(42)41(24)25)38(3)32(44)37-17-21-14-10-9-11-15-21/h4-11,13-15,23-25,27H,12,16-20H2,1-3H3,(H,37,44)/b6-4-,8-7-,13-5+/t23?,24-,25+,27?/m0/s1. The summed E-state index contributed by atoms with van der Waals surface area (Å²) in [6, 6.07) is 7.74. The first-order chi connectivity index (χ1) is 21.1. The van der Waals surface area contributed by atoms with Crippen LogP contribution in [-0.2, 0) is 16.1 Å². The van der Waals surface area contributed by atoms with E-state index < -0.39 is 65.8 Å². The summed E-state index contributed by atoms with van der Waals surface area (Å²) in [5.74, 6) is -7.74. The van der Waals surface area contributed by atoms with Crippen LogP contribution in [0.3, 0.4) is 0 Å². The molecule has 2 fully saturated rings. The minimum absolute atomic E-state index is 0.199. The van der Waals surface area contributed by atoms with E-state index in [0.29, 0.717) is 6.42 Å². The van der Waals surface area contributed by atoms with Crippen molar-refractivity contribution >= 4 is 17.8 Å². The van der Waals surface area contributed by atoms with Crippen LogP contribution in [0, 0.1) is 5.92 Å². The number of piperazine rings is 1. The highest BCUT2D eigenvalue weighted by molar-refractivity contribution is 5.91. The second kappa shape index (κ2) is 14.5. The van der Waals surface area contributed by atoms with Gasteiger partial charge in [-0.3, -0.25) is 14.6 Å². The molecule has 4 atom stereocenters. The van der Waals surface area contributed by atoms with E-state index >= 15 is 4.39 Å². The van der Waals surface area contributed by atoms with Crippen LogP contribution in [0.4, 0.5) is 22.4 Å². The molecule has 2 saturated heterocycles. The van der Waals surface area contributed by atoms with Gasteiger partial charge in [-0.05, 0) is 32.3 Å². The van der Waals surface area contributed by atoms with Crippen molar-refractivity contribution in [2.45, 2.75) is 51.6 Å². The molecule has 1 N–H and O–H groups in total. The Balaban J connectivity index is 1.59. The van der Waals surface area contributed by atoms with E-state index in [0.717, 1.165) is 11.6 Å². The van der Waals surface area contributed by atoms with Crippen molar-refractivity contribution in [2.75, 3.05) is 26.7 Å². The highest BCUT2D eigenvalue weighted by Crippen LogP contribution is 2.41. The van der Waals surface area contributed by atoms with E-state index in [1.54, 1.807) is 6.08 Å². The van der Waals surface area contributed by atoms with Gasteiger partial charge in [-0.2, -0.15) is 5.01 Å². The van der Waals surface area contributed by atoms with Gasteiger partial charge in [0.15, 0.2) is 11.7 Å². The van der Waals surface area contributed by atoms with Crippen LogP contribution in [0.5, 0.6) is 0 Å². The Morgan fingerprint density at radius 2 is 1.80 bits per heavy atom. The number of alkyl halides is 1. The van der Waals surface area contributed by atoms with Crippen molar-refractivity contribution in [2.24, 2.45) is 5.92 Å². The maximum atomic E-state index is 15.5. The molecule has 1 aromatic carbocycles. The first kappa shape index (κ1) is 32.7. The predicted octanol–water partition coefficient (Wildman–Crippen LogP) is 5.25. The van der Waals surface area contributed by atoms with Gasteiger partial charge < -0.3 is 15.1 Å². The summed E-state index contributed by atoms with van der Waals surface area (Å²) in [6.45, 7) is 2.59. The molecule has 1 aromatic rings. The average molecular weight is 616 g/mol. The Bertz CT molecular complexity index is 1390. The van der Waals surface area contributed by atoms with Crippen LogP contribution in [-0.4, -0.2) is 82.7 Å². The smallest absolute Gasteiger partial charge is 0.332 e. The molecule has 0 spiro atoms. The zero-order valence-electron chi connectivity index (χ0n) is 24.9. The quantitative estimate of drug-likeness (QED) is 0.288. The summed E-state index contributed by atoms with van der Waals surface area (Å²) in [7, 11) is 1.49. The van der Waals surface area contributed by atoms with Gasteiger partial charge in [0.05, 0.1) is 19.0 Å². The van der Waals surface area contributed by atoms with E-state index in [2.05, 4.69) is 5.32 Å². The van der Waals surface area contributed by atoms with Crippen molar-refractivity contribution in [3.05, 3.63) is 95.4 Å². The number of hydrogen-bond acceptors (Lipinski definition) is 4. The number of benzene rings is 1. The lowest BCUT2D eigenvalue weighted by Gasteiger charge is -2.46. The van der Waals surface area contributed by atoms with Crippen LogP contribution >= 0.6 is 0 Å². The van der Waals surface area contributed by atoms with Gasteiger partial charge >= 0.3 is 6.03 Å². The van der Waals surface area contributed by atoms with E-state index in [1.807, 2.05) is 55.5 Å². The van der Waals surface area contributed by atoms with Crippen molar-refractivity contribution in [1.29, 1.82) is 0 Å². The second-order valence-electron chi connectivity index (χ2n) is 10.8. The summed E-state index contributed by atoms with van der Waals surface area (Å²) >= 11 is 0. The van der Waals surface area contributed by atoms with Crippen LogP contribution < -0.4 is 5.32 Å². The summed E-state index contributed by atoms with van der Waals surface area (Å²) in [4.78, 5) is 42.8. The molecule has 2 unspecified atom stereocenters. The molecular weight excluding hydrogens is 578 g/mol. The largest absolute Gasteiger partial charge is 0.337 e. The highest BCUT2D eigenvalue weighted by Gasteiger charge is 2.52. The molecule has 4 amide bonds. The van der Waals surface area contributed by atoms with Crippen LogP contribution in [0.1, 0.15) is 32.3 Å². The highest BCUT2D eigenvalue weighted by atomic mass is 19.2. The number of nitrogens with zero attached hydrogens (tertiary/aromatic N) is 4. The Hall–Kier alpha value is -4.19. The number of fused-ring (bicyclic) bond motifs is 1. The Kier molecular flexibility index (Phi) is 10.8. The zero-order valence-corrected chi connectivity index (χ0v) is 24.9. The molecule has 2 aliphatic heterocycles. The molecule has 0 aromatic heterocycles. The Labute approximate surface area is 254 Å². The number of carbonyl (C=O) groups excluding carboxylic acids is 3. The minimum atomic E-state index is -2.24. The van der Waals surface area contributed by atoms with Gasteiger partial charge in [0.25, 0.3) is 0 Å². The van der Waals surface area contributed by atoms with E-state index in [9.17, 15) is 27.6 Å². The summed E-state index contributed by atoms with van der Waals surface area (Å²) < 4.78 is 59.4. The molecule has 0 saturated carbocycles. The summed E-state index contributed by atoms with van der Waals surface area (Å²) in [6.07, 6.45) is 7.17. The van der Waals surface area contributed by atoms with Gasteiger partial charge in [-0.25, -0.2) is 22.4 Å². The van der Waals surface area contributed by atoms with Crippen molar-refractivity contribution in [3.63, 3.8) is 0 Å². The molecule has 8 nitrogen and oxygen atoms in total. The fraction of sp³-hybridized carbons (Fsp3) is 0.406. The monoisotopic (exact) mass is 615 g/mol. The van der Waals surface area contributed by atoms with Crippen LogP contribution in [0.25, 0.3) is 0 Å². The van der Waals surface area contributed by atoms with Crippen molar-refractivity contribution < 1.29 is 31.9 Å². The number of hydrazine groups is 1. The molecular formula is C32H37F4N5O3. The number of carbonyl (C=O) groups is 3. The number of allylic oxidation sites excluding steroid dienone is 9. The second-order valence-corrected chi connectivity index (χ2v) is 10.8. The maximum absolute atomic E-state index is 15.5. The molecule has 4 rings (SSSR count). The Morgan fingerprint density at radius 1 is 1.07 bits per heavy atom. The molecule has 1 aliphatic carbocycles. The first-order valence-electron chi connectivity index (χ1n) is 14.5. The third-order valence-corrected chi connectivity index (χ3v) is 7.97. The average Bonchev–Trinajstić information content (AvgIpc) is 3.35. The number of halogens is 4. The summed E-state index contributed by atoms with van der Waals surface area (Å²) in [5.41, 5.74) is 0.229. The topological polar surface area (TPSA) is 76.2 Å². The molecule has 44 heavy (non-hydrogen) atoms. The van der Waals surface area contributed by atoms with E-state index in [4.69, 9.17) is 0 Å². The van der Waals surface area contributed by atoms with Gasteiger partial charge in [-0.1, -0.05) is 66.8 Å². The van der Waals surface area contributed by atoms with Crippen molar-refractivity contribution in [1.82, 2.24) is 25.1 Å². The number of hydrogen-bond donors (Lipinski definition) is 1. The molecule has 3 aliphatic rings. The molecule has 2 heterocycles. The molecule has 12 heteroatoms. The normalized spacial score (nSPS) is 24.9. The van der Waals surface area contributed by atoms with E-state index in [1.165, 1.54) is 39.9 Å². The lowest BCUT2D eigenvalue weighted by atomic mass is 9.88. The number of urea groups is 1. The molecule has 236 valence electrons. The lowest BCUT2D eigenvalue weighted by molar-refractivity contribution is -0.157. The lowest BCUT2D eigenvalue weighted by Crippen LogP contribution is -2.66. The zero-order chi connectivity index (χ0) is 32.0. The predicted molar refractivity (Wildman–Crippen MR) is 158 cm³/mol. The van der Waals surface area contributed by atoms with Gasteiger partial charge in [0.1, 0.15) is 24.2 Å². The van der Waals surface area contributed by atoms with Crippen LogP contribution in [0.15, 0.2) is 89.8 Å². The minimum Gasteiger partial charge on any atom is -0.337 e. The van der Waals surface area contributed by atoms with Gasteiger partial charge in [0.2, 0.25) is 11.8 Å². The summed E-state index contributed by atoms with van der Waals surface area (Å²) in [5, 5.41) is 5.55. The number of amides is 4.